The Morgan fingerprint density at radius 3 is 1.42 bits per heavy atom. The molecule has 0 spiro atoms. The Morgan fingerprint density at radius 1 is 0.917 bits per heavy atom. The Labute approximate surface area is 353 Å². The van der Waals surface area contributed by atoms with Gasteiger partial charge in [-0.3, -0.25) is 0 Å². The fourth-order valence-electron chi connectivity index (χ4n) is 0.749. The van der Waals surface area contributed by atoms with Crippen molar-refractivity contribution in [3.05, 3.63) is 0 Å². The summed E-state index contributed by atoms with van der Waals surface area (Å²) in [7, 11) is -11.4. The van der Waals surface area contributed by atoms with Crippen molar-refractivity contribution in [1.29, 1.82) is 0 Å². The molecule has 4 N–H and O–H groups in total. The van der Waals surface area contributed by atoms with Crippen molar-refractivity contribution in [1.82, 2.24) is 0 Å². The zero-order chi connectivity index (χ0) is 15.7. The molecule has 0 aliphatic heterocycles. The van der Waals surface area contributed by atoms with E-state index in [-0.39, 0.29) is 257 Å². The zero-order valence-electron chi connectivity index (χ0n) is 14.6. The molecule has 0 radical (unpaired) electrons. The van der Waals surface area contributed by atoms with Crippen LogP contribution in [0, 0.1) is 0 Å². The number of rotatable bonds is 7. The molecule has 0 aromatic rings. The van der Waals surface area contributed by atoms with Crippen LogP contribution in [0.15, 0.2) is 0 Å². The maximum absolute atomic E-state index is 10.0. The minimum absolute atomic E-state index is 0. The van der Waals surface area contributed by atoms with Crippen LogP contribution in [0.1, 0.15) is 19.3 Å². The maximum atomic E-state index is 10.0. The summed E-state index contributed by atoms with van der Waals surface area (Å²) < 4.78 is 21.2. The largest absolute Gasteiger partial charge is 1.00 e. The van der Waals surface area contributed by atoms with E-state index in [1.165, 1.54) is 0 Å². The van der Waals surface area contributed by atoms with Crippen LogP contribution in [-0.2, 0) is 18.2 Å². The number of hydrogen-bond acceptors (Lipinski definition) is 11. The summed E-state index contributed by atoms with van der Waals surface area (Å²) in [4.78, 5) is 47.3. The van der Waals surface area contributed by atoms with Crippen molar-refractivity contribution < 1.29 is 300 Å². The topological polar surface area (TPSA) is 228 Å². The second-order valence-corrected chi connectivity index (χ2v) is 5.63. The van der Waals surface area contributed by atoms with E-state index in [0.717, 1.165) is 12.8 Å². The quantitative estimate of drug-likeness (QED) is 0.184. The van der Waals surface area contributed by atoms with Gasteiger partial charge in [-0.2, -0.15) is 0 Å². The molecule has 116 valence electrons. The summed E-state index contributed by atoms with van der Waals surface area (Å²) in [5.41, 5.74) is 10.3. The van der Waals surface area contributed by atoms with Gasteiger partial charge in [-0.05, 0) is 19.4 Å². The fourth-order valence-corrected chi connectivity index (χ4v) is 1.73. The van der Waals surface area contributed by atoms with Crippen molar-refractivity contribution >= 4 is 21.6 Å². The molecule has 0 bridgehead atoms. The summed E-state index contributed by atoms with van der Waals surface area (Å²) in [6.45, 7) is 0.583. The van der Waals surface area contributed by atoms with Gasteiger partial charge in [0.05, 0.1) is 21.6 Å². The maximum Gasteiger partial charge on any atom is 1.00 e. The molecule has 0 saturated carbocycles. The first-order valence-electron chi connectivity index (χ1n) is 4.81. The summed E-state index contributed by atoms with van der Waals surface area (Å²) in [5, 5.41) is 10.0. The molecule has 0 heterocycles. The van der Waals surface area contributed by atoms with Crippen LogP contribution in [0.5, 0.6) is 0 Å². The number of carbonyl (C=O) groups excluding carboxylic acids is 1. The van der Waals surface area contributed by atoms with E-state index in [1.807, 2.05) is 0 Å². The van der Waals surface area contributed by atoms with Crippen molar-refractivity contribution in [2.24, 2.45) is 11.5 Å². The van der Waals surface area contributed by atoms with Crippen molar-refractivity contribution in [2.45, 2.75) is 25.3 Å². The predicted octanol–water partition coefficient (Wildman–Crippen LogP) is -20.1. The van der Waals surface area contributed by atoms with Crippen molar-refractivity contribution in [3.63, 3.8) is 0 Å². The SMILES string of the molecule is NCCCC[C@H](N)C(=O)[O-].O=P([O-])([O-])OP(=O)([O-])[O-].[K+].[K+].[K+].[K+].[K+]. The molecule has 18 heteroatoms. The van der Waals surface area contributed by atoms with Gasteiger partial charge in [0.25, 0.3) is 0 Å². The van der Waals surface area contributed by atoms with E-state index in [1.54, 1.807) is 0 Å². The number of nitrogens with two attached hydrogens (primary N) is 2. The Hall–Kier alpha value is 7.83. The zero-order valence-corrected chi connectivity index (χ0v) is 32.0. The number of carbonyl (C=O) groups is 1. The standard InChI is InChI=1S/C6H14N2O2.5K.H4O7P2/c7-4-2-1-3-5(8)6(9)10;;;;;;1-8(2,3)7-9(4,5)6/h5H,1-4,7-8H2,(H,9,10);;;;;;(H2,1,2,3)(H2,4,5,6)/q;5*+1;/p-5/t5-;;;;;;/m0....../s1. The Bertz CT molecular complexity index is 348. The molecule has 1 atom stereocenters. The minimum atomic E-state index is -5.68. The summed E-state index contributed by atoms with van der Waals surface area (Å²) in [6.07, 6.45) is 2.03. The van der Waals surface area contributed by atoms with E-state index in [0.29, 0.717) is 13.0 Å². The first kappa shape index (κ1) is 49.1. The van der Waals surface area contributed by atoms with Crippen LogP contribution in [-0.4, -0.2) is 18.6 Å². The second-order valence-electron chi connectivity index (χ2n) is 3.19. The normalized spacial score (nSPS) is 10.6. The average Bonchev–Trinajstić information content (AvgIpc) is 2.12. The van der Waals surface area contributed by atoms with E-state index < -0.39 is 27.7 Å². The molecule has 0 unspecified atom stereocenters. The van der Waals surface area contributed by atoms with Crippen molar-refractivity contribution in [2.75, 3.05) is 6.54 Å². The van der Waals surface area contributed by atoms with Crippen LogP contribution in [0.4, 0.5) is 0 Å². The van der Waals surface area contributed by atoms with Gasteiger partial charge < -0.3 is 54.4 Å². The molecule has 0 amide bonds. The number of unbranched alkanes of at least 4 members (excludes halogenated alkanes) is 1. The summed E-state index contributed by atoms with van der Waals surface area (Å²) >= 11 is 0. The Balaban J connectivity index is -0.0000000400. The van der Waals surface area contributed by atoms with Gasteiger partial charge in [0.2, 0.25) is 0 Å². The first-order valence-corrected chi connectivity index (χ1v) is 7.73. The van der Waals surface area contributed by atoms with Gasteiger partial charge in [0.1, 0.15) is 0 Å². The van der Waals surface area contributed by atoms with E-state index >= 15 is 0 Å². The molecule has 0 aliphatic carbocycles. The van der Waals surface area contributed by atoms with Crippen molar-refractivity contribution in [3.8, 4) is 0 Å². The molecule has 0 rings (SSSR count). The number of carboxylic acid groups (broad SMARTS) is 1. The fraction of sp³-hybridized carbons (Fsp3) is 0.833. The van der Waals surface area contributed by atoms with Crippen LogP contribution in [0.25, 0.3) is 0 Å². The van der Waals surface area contributed by atoms with E-state index in [9.17, 15) is 38.6 Å². The Kier molecular flexibility index (Phi) is 59.0. The van der Waals surface area contributed by atoms with Crippen LogP contribution in [0.3, 0.4) is 0 Å². The number of hydrogen-bond donors (Lipinski definition) is 2. The van der Waals surface area contributed by atoms with Gasteiger partial charge in [0.15, 0.2) is 0 Å². The van der Waals surface area contributed by atoms with Gasteiger partial charge in [-0.1, -0.05) is 6.42 Å². The first-order chi connectivity index (χ1) is 8.39. The van der Waals surface area contributed by atoms with Crippen LogP contribution in [0.2, 0.25) is 0 Å². The molecule has 0 aliphatic rings. The average molecular weight is 515 g/mol. The molecule has 11 nitrogen and oxygen atoms in total. The van der Waals surface area contributed by atoms with Crippen LogP contribution >= 0.6 is 15.6 Å². The van der Waals surface area contributed by atoms with E-state index in [4.69, 9.17) is 11.5 Å². The third kappa shape index (κ3) is 47.6. The molecule has 0 fully saturated rings. The molecule has 0 aromatic heterocycles. The number of phosphoric acid groups is 2. The molecule has 24 heavy (non-hydrogen) atoms. The predicted molar refractivity (Wildman–Crippen MR) is 52.2 cm³/mol. The third-order valence-corrected chi connectivity index (χ3v) is 3.07. The van der Waals surface area contributed by atoms with Gasteiger partial charge in [-0.25, -0.2) is 0 Å². The van der Waals surface area contributed by atoms with Gasteiger partial charge >= 0.3 is 257 Å². The molecular weight excluding hydrogens is 502 g/mol. The second kappa shape index (κ2) is 28.9. The monoisotopic (exact) mass is 514 g/mol. The van der Waals surface area contributed by atoms with E-state index in [2.05, 4.69) is 4.31 Å². The molecule has 0 aromatic carbocycles. The van der Waals surface area contributed by atoms with Crippen LogP contribution < -0.4 is 293 Å². The molecular formula is C6H13K5N2O9P2. The Morgan fingerprint density at radius 2 is 1.25 bits per heavy atom. The van der Waals surface area contributed by atoms with Gasteiger partial charge in [-0.15, -0.1) is 0 Å². The number of carboxylic acids is 1. The third-order valence-electron chi connectivity index (χ3n) is 1.47. The molecule has 0 saturated heterocycles. The number of aliphatic carboxylic acids is 1. The summed E-state index contributed by atoms with van der Waals surface area (Å²) in [5.74, 6) is -1.18. The van der Waals surface area contributed by atoms with Gasteiger partial charge in [0, 0.05) is 6.04 Å². The minimum Gasteiger partial charge on any atom is -0.790 e. The summed E-state index contributed by atoms with van der Waals surface area (Å²) in [6, 6.07) is -0.827. The smallest absolute Gasteiger partial charge is 0.790 e.